The van der Waals surface area contributed by atoms with E-state index in [1.165, 1.54) is 0 Å². The Labute approximate surface area is 93.6 Å². The standard InChI is InChI=1S/C8H5Cl2F2NO2/c9-2-3-1-4(8(14)15)5(10)6(13-3)7(11)12/h1,7H,2H2,(H,14,15). The number of aromatic carboxylic acids is 1. The van der Waals surface area contributed by atoms with E-state index in [9.17, 15) is 13.6 Å². The Bertz CT molecular complexity index is 398. The number of nitrogens with zero attached hydrogens (tertiary/aromatic N) is 1. The smallest absolute Gasteiger partial charge is 0.337 e. The van der Waals surface area contributed by atoms with Crippen molar-refractivity contribution < 1.29 is 18.7 Å². The van der Waals surface area contributed by atoms with Crippen LogP contribution in [-0.4, -0.2) is 16.1 Å². The summed E-state index contributed by atoms with van der Waals surface area (Å²) in [6.45, 7) is 0. The lowest BCUT2D eigenvalue weighted by Gasteiger charge is -2.07. The maximum atomic E-state index is 12.4. The molecule has 0 bridgehead atoms. The van der Waals surface area contributed by atoms with Gasteiger partial charge in [-0.3, -0.25) is 0 Å². The minimum atomic E-state index is -2.93. The lowest BCUT2D eigenvalue weighted by atomic mass is 10.2. The van der Waals surface area contributed by atoms with Crippen LogP contribution >= 0.6 is 23.2 Å². The predicted molar refractivity (Wildman–Crippen MR) is 50.7 cm³/mol. The summed E-state index contributed by atoms with van der Waals surface area (Å²) >= 11 is 10.9. The first kappa shape index (κ1) is 12.1. The zero-order valence-corrected chi connectivity index (χ0v) is 8.69. The summed E-state index contributed by atoms with van der Waals surface area (Å²) in [6, 6.07) is 1.07. The van der Waals surface area contributed by atoms with Crippen LogP contribution in [0.4, 0.5) is 8.78 Å². The van der Waals surface area contributed by atoms with Gasteiger partial charge in [0.2, 0.25) is 0 Å². The Kier molecular flexibility index (Phi) is 3.82. The van der Waals surface area contributed by atoms with Crippen molar-refractivity contribution in [2.24, 2.45) is 0 Å². The van der Waals surface area contributed by atoms with Crippen LogP contribution in [0.25, 0.3) is 0 Å². The quantitative estimate of drug-likeness (QED) is 0.845. The van der Waals surface area contributed by atoms with Crippen LogP contribution in [0.5, 0.6) is 0 Å². The van der Waals surface area contributed by atoms with E-state index in [0.29, 0.717) is 0 Å². The molecule has 1 rings (SSSR count). The van der Waals surface area contributed by atoms with Gasteiger partial charge in [0.1, 0.15) is 5.69 Å². The van der Waals surface area contributed by atoms with Gasteiger partial charge >= 0.3 is 5.97 Å². The van der Waals surface area contributed by atoms with Gasteiger partial charge in [0.15, 0.2) is 0 Å². The van der Waals surface area contributed by atoms with Crippen LogP contribution in [0.15, 0.2) is 6.07 Å². The first-order valence-corrected chi connectivity index (χ1v) is 4.65. The molecule has 0 aliphatic rings. The molecule has 82 valence electrons. The number of alkyl halides is 3. The molecule has 1 heterocycles. The van der Waals surface area contributed by atoms with E-state index in [-0.39, 0.29) is 11.6 Å². The molecule has 0 atom stereocenters. The average Bonchev–Trinajstić information content (AvgIpc) is 2.17. The SMILES string of the molecule is O=C(O)c1cc(CCl)nc(C(F)F)c1Cl. The maximum Gasteiger partial charge on any atom is 0.337 e. The number of rotatable bonds is 3. The summed E-state index contributed by atoms with van der Waals surface area (Å²) in [6.07, 6.45) is -2.93. The van der Waals surface area contributed by atoms with Crippen LogP contribution in [-0.2, 0) is 5.88 Å². The van der Waals surface area contributed by atoms with E-state index in [2.05, 4.69) is 4.98 Å². The highest BCUT2D eigenvalue weighted by atomic mass is 35.5. The Morgan fingerprint density at radius 3 is 2.60 bits per heavy atom. The summed E-state index contributed by atoms with van der Waals surface area (Å²) in [5.74, 6) is -1.55. The molecule has 0 aliphatic carbocycles. The fourth-order valence-electron chi connectivity index (χ4n) is 0.973. The monoisotopic (exact) mass is 255 g/mol. The molecule has 0 radical (unpaired) electrons. The topological polar surface area (TPSA) is 50.2 Å². The van der Waals surface area contributed by atoms with Crippen LogP contribution in [0.3, 0.4) is 0 Å². The predicted octanol–water partition coefficient (Wildman–Crippen LogP) is 3.11. The lowest BCUT2D eigenvalue weighted by Crippen LogP contribution is -2.05. The molecule has 0 amide bonds. The van der Waals surface area contributed by atoms with E-state index < -0.39 is 28.7 Å². The molecular weight excluding hydrogens is 251 g/mol. The van der Waals surface area contributed by atoms with E-state index in [4.69, 9.17) is 28.3 Å². The third kappa shape index (κ3) is 2.54. The molecule has 1 N–H and O–H groups in total. The molecule has 0 fully saturated rings. The van der Waals surface area contributed by atoms with Crippen LogP contribution in [0.2, 0.25) is 5.02 Å². The summed E-state index contributed by atoms with van der Waals surface area (Å²) < 4.78 is 24.8. The number of hydrogen-bond donors (Lipinski definition) is 1. The zero-order chi connectivity index (χ0) is 11.6. The van der Waals surface area contributed by atoms with Gasteiger partial charge in [-0.25, -0.2) is 18.6 Å². The van der Waals surface area contributed by atoms with Crippen molar-refractivity contribution in [2.75, 3.05) is 0 Å². The number of carboxylic acid groups (broad SMARTS) is 1. The molecular formula is C8H5Cl2F2NO2. The average molecular weight is 256 g/mol. The highest BCUT2D eigenvalue weighted by molar-refractivity contribution is 6.34. The molecule has 0 saturated heterocycles. The molecule has 0 aromatic carbocycles. The van der Waals surface area contributed by atoms with Crippen LogP contribution in [0, 0.1) is 0 Å². The second-order valence-corrected chi connectivity index (χ2v) is 3.25. The van der Waals surface area contributed by atoms with Gasteiger partial charge in [-0.15, -0.1) is 11.6 Å². The van der Waals surface area contributed by atoms with E-state index in [1.807, 2.05) is 0 Å². The normalized spacial score (nSPS) is 10.7. The van der Waals surface area contributed by atoms with Crippen molar-refractivity contribution >= 4 is 29.2 Å². The Morgan fingerprint density at radius 2 is 2.20 bits per heavy atom. The van der Waals surface area contributed by atoms with E-state index in [0.717, 1.165) is 6.07 Å². The fraction of sp³-hybridized carbons (Fsp3) is 0.250. The lowest BCUT2D eigenvalue weighted by molar-refractivity contribution is 0.0696. The van der Waals surface area contributed by atoms with Crippen molar-refractivity contribution in [1.29, 1.82) is 0 Å². The van der Waals surface area contributed by atoms with Gasteiger partial charge in [0, 0.05) is 0 Å². The van der Waals surface area contributed by atoms with E-state index >= 15 is 0 Å². The summed E-state index contributed by atoms with van der Waals surface area (Å²) in [5, 5.41) is 8.14. The molecule has 3 nitrogen and oxygen atoms in total. The van der Waals surface area contributed by atoms with Gasteiger partial charge in [-0.2, -0.15) is 0 Å². The highest BCUT2D eigenvalue weighted by Gasteiger charge is 2.21. The van der Waals surface area contributed by atoms with Gasteiger partial charge in [0.25, 0.3) is 6.43 Å². The van der Waals surface area contributed by atoms with Gasteiger partial charge < -0.3 is 5.11 Å². The summed E-state index contributed by atoms with van der Waals surface area (Å²) in [5.41, 5.74) is -1.13. The van der Waals surface area contributed by atoms with Crippen molar-refractivity contribution in [1.82, 2.24) is 4.98 Å². The molecule has 0 aliphatic heterocycles. The second-order valence-electron chi connectivity index (χ2n) is 2.60. The van der Waals surface area contributed by atoms with Gasteiger partial charge in [0.05, 0.1) is 22.2 Å². The molecule has 1 aromatic heterocycles. The Morgan fingerprint density at radius 1 is 1.60 bits per heavy atom. The van der Waals surface area contributed by atoms with Gasteiger partial charge in [-0.05, 0) is 6.07 Å². The van der Waals surface area contributed by atoms with Crippen molar-refractivity contribution in [3.05, 3.63) is 28.0 Å². The highest BCUT2D eigenvalue weighted by Crippen LogP contribution is 2.29. The molecule has 1 aromatic rings. The zero-order valence-electron chi connectivity index (χ0n) is 7.18. The molecule has 0 spiro atoms. The van der Waals surface area contributed by atoms with E-state index in [1.54, 1.807) is 0 Å². The first-order valence-electron chi connectivity index (χ1n) is 3.74. The van der Waals surface area contributed by atoms with Crippen molar-refractivity contribution in [2.45, 2.75) is 12.3 Å². The van der Waals surface area contributed by atoms with Crippen molar-refractivity contribution in [3.8, 4) is 0 Å². The number of carbonyl (C=O) groups is 1. The number of hydrogen-bond acceptors (Lipinski definition) is 2. The molecule has 7 heteroatoms. The number of pyridine rings is 1. The summed E-state index contributed by atoms with van der Waals surface area (Å²) in [4.78, 5) is 14.1. The minimum Gasteiger partial charge on any atom is -0.478 e. The minimum absolute atomic E-state index is 0.0498. The number of halogens is 4. The third-order valence-electron chi connectivity index (χ3n) is 1.61. The number of aromatic nitrogens is 1. The van der Waals surface area contributed by atoms with Gasteiger partial charge in [-0.1, -0.05) is 11.6 Å². The van der Waals surface area contributed by atoms with Crippen molar-refractivity contribution in [3.63, 3.8) is 0 Å². The fourth-order valence-corrected chi connectivity index (χ4v) is 1.37. The first-order chi connectivity index (χ1) is 6.97. The Hall–Kier alpha value is -0.940. The molecule has 0 saturated carbocycles. The van der Waals surface area contributed by atoms with Crippen LogP contribution in [0.1, 0.15) is 28.2 Å². The maximum absolute atomic E-state index is 12.4. The van der Waals surface area contributed by atoms with Crippen LogP contribution < -0.4 is 0 Å². The number of carboxylic acids is 1. The molecule has 15 heavy (non-hydrogen) atoms. The third-order valence-corrected chi connectivity index (χ3v) is 2.28. The second kappa shape index (κ2) is 4.72. The summed E-state index contributed by atoms with van der Waals surface area (Å²) in [7, 11) is 0. The Balaban J connectivity index is 3.40. The largest absolute Gasteiger partial charge is 0.478 e. The molecule has 0 unspecified atom stereocenters.